The Hall–Kier alpha value is -2.80. The van der Waals surface area contributed by atoms with Gasteiger partial charge in [-0.1, -0.05) is 24.3 Å². The second-order valence-electron chi connectivity index (χ2n) is 6.26. The first-order chi connectivity index (χ1) is 14.4. The molecule has 0 saturated heterocycles. The van der Waals surface area contributed by atoms with Crippen LogP contribution in [0.3, 0.4) is 0 Å². The Morgan fingerprint density at radius 1 is 0.625 bits per heavy atom. The zero-order valence-corrected chi connectivity index (χ0v) is 15.5. The molecule has 2 aromatic carbocycles. The largest absolute Gasteiger partial charge is 0.433 e. The Bertz CT molecular complexity index is 894. The standard InChI is InChI=1S/C15H12F6N2.C3H2F6/c16-13(15(19,20)21,9-3-1-5-11(22)7-9)14(17,18)10-4-2-6-12(23)8-10;4-1(2(5)6)3(7,8)9/h1-8H,22-23H2;1-2H. The predicted octanol–water partition coefficient (Wildman–Crippen LogP) is 6.52. The molecule has 0 amide bonds. The normalized spacial score (nSPS) is 15.5. The summed E-state index contributed by atoms with van der Waals surface area (Å²) < 4.78 is 149. The molecule has 0 aliphatic heterocycles. The third-order valence-electron chi connectivity index (χ3n) is 3.89. The summed E-state index contributed by atoms with van der Waals surface area (Å²) in [5.74, 6) is -4.91. The van der Waals surface area contributed by atoms with Crippen LogP contribution in [-0.2, 0) is 11.6 Å². The second-order valence-corrected chi connectivity index (χ2v) is 6.26. The van der Waals surface area contributed by atoms with E-state index < -0.39 is 47.7 Å². The van der Waals surface area contributed by atoms with E-state index in [4.69, 9.17) is 11.5 Å². The molecule has 2 nitrogen and oxygen atoms in total. The number of rotatable bonds is 4. The second kappa shape index (κ2) is 9.36. The highest BCUT2D eigenvalue weighted by atomic mass is 19.4. The van der Waals surface area contributed by atoms with Crippen LogP contribution in [0.1, 0.15) is 11.1 Å². The molecule has 2 unspecified atom stereocenters. The van der Waals surface area contributed by atoms with Gasteiger partial charge in [-0.2, -0.15) is 35.1 Å². The van der Waals surface area contributed by atoms with Crippen molar-refractivity contribution in [3.05, 3.63) is 59.7 Å². The molecule has 0 heterocycles. The molecule has 0 saturated carbocycles. The van der Waals surface area contributed by atoms with Crippen molar-refractivity contribution < 1.29 is 52.7 Å². The van der Waals surface area contributed by atoms with Gasteiger partial charge in [0, 0.05) is 22.5 Å². The summed E-state index contributed by atoms with van der Waals surface area (Å²) >= 11 is 0. The van der Waals surface area contributed by atoms with Crippen LogP contribution >= 0.6 is 0 Å². The number of halogens is 12. The highest BCUT2D eigenvalue weighted by Gasteiger charge is 2.72. The smallest absolute Gasteiger partial charge is 0.399 e. The van der Waals surface area contributed by atoms with Crippen molar-refractivity contribution in [2.75, 3.05) is 11.5 Å². The molecule has 2 aromatic rings. The number of nitrogen functional groups attached to an aromatic ring is 2. The van der Waals surface area contributed by atoms with Crippen LogP contribution in [0.15, 0.2) is 48.5 Å². The summed E-state index contributed by atoms with van der Waals surface area (Å²) in [5, 5.41) is 0. The molecule has 0 radical (unpaired) electrons. The number of benzene rings is 2. The van der Waals surface area contributed by atoms with E-state index in [-0.39, 0.29) is 11.4 Å². The maximum Gasteiger partial charge on any atom is 0.433 e. The van der Waals surface area contributed by atoms with Gasteiger partial charge in [0.15, 0.2) is 0 Å². The van der Waals surface area contributed by atoms with Gasteiger partial charge in [-0.15, -0.1) is 0 Å². The van der Waals surface area contributed by atoms with Crippen LogP contribution in [0, 0.1) is 0 Å². The number of nitrogens with two attached hydrogens (primary N) is 2. The molecule has 2 rings (SSSR count). The molecular weight excluding hydrogens is 472 g/mol. The summed E-state index contributed by atoms with van der Waals surface area (Å²) in [7, 11) is 0. The third kappa shape index (κ3) is 5.71. The first-order valence-electron chi connectivity index (χ1n) is 8.20. The molecule has 180 valence electrons. The van der Waals surface area contributed by atoms with E-state index in [1.165, 1.54) is 12.1 Å². The quantitative estimate of drug-likeness (QED) is 0.382. The minimum atomic E-state index is -5.88. The maximum atomic E-state index is 14.8. The lowest BCUT2D eigenvalue weighted by atomic mass is 9.84. The molecule has 14 heteroatoms. The van der Waals surface area contributed by atoms with Gasteiger partial charge in [-0.25, -0.2) is 17.6 Å². The minimum Gasteiger partial charge on any atom is -0.399 e. The number of anilines is 2. The van der Waals surface area contributed by atoms with Crippen molar-refractivity contribution in [1.82, 2.24) is 0 Å². The van der Waals surface area contributed by atoms with Crippen LogP contribution < -0.4 is 11.5 Å². The molecule has 32 heavy (non-hydrogen) atoms. The SMILES string of the molecule is FC(F)C(F)C(F)(F)F.Nc1cccc(C(F)(F)C(F)(c2cccc(N)c2)C(F)(F)F)c1. The molecular formula is C18H14F12N2. The number of hydrogen-bond donors (Lipinski definition) is 2. The molecule has 0 spiro atoms. The van der Waals surface area contributed by atoms with Crippen LogP contribution in [0.25, 0.3) is 0 Å². The third-order valence-corrected chi connectivity index (χ3v) is 3.89. The molecule has 0 aliphatic rings. The Balaban J connectivity index is 0.000000482. The van der Waals surface area contributed by atoms with Crippen molar-refractivity contribution in [3.63, 3.8) is 0 Å². The van der Waals surface area contributed by atoms with Crippen molar-refractivity contribution in [2.24, 2.45) is 0 Å². The highest BCUT2D eigenvalue weighted by Crippen LogP contribution is 2.57. The van der Waals surface area contributed by atoms with E-state index in [9.17, 15) is 52.7 Å². The zero-order chi connectivity index (χ0) is 25.1. The predicted molar refractivity (Wildman–Crippen MR) is 91.4 cm³/mol. The fourth-order valence-electron chi connectivity index (χ4n) is 2.35. The lowest BCUT2D eigenvalue weighted by Crippen LogP contribution is -2.51. The van der Waals surface area contributed by atoms with Gasteiger partial charge >= 0.3 is 18.3 Å². The molecule has 0 fully saturated rings. The fraction of sp³-hybridized carbons (Fsp3) is 0.333. The zero-order valence-electron chi connectivity index (χ0n) is 15.5. The van der Waals surface area contributed by atoms with E-state index in [1.54, 1.807) is 0 Å². The lowest BCUT2D eigenvalue weighted by molar-refractivity contribution is -0.314. The molecule has 0 aromatic heterocycles. The molecule has 2 atom stereocenters. The van der Waals surface area contributed by atoms with Crippen LogP contribution in [0.4, 0.5) is 64.1 Å². The summed E-state index contributed by atoms with van der Waals surface area (Å²) in [6, 6.07) is 6.80. The highest BCUT2D eigenvalue weighted by molar-refractivity contribution is 5.47. The minimum absolute atomic E-state index is 0.209. The maximum absolute atomic E-state index is 14.8. The molecule has 0 aliphatic carbocycles. The van der Waals surface area contributed by atoms with Gasteiger partial charge in [0.2, 0.25) is 0 Å². The summed E-state index contributed by atoms with van der Waals surface area (Å²) in [5.41, 5.74) is 2.73. The number of alkyl halides is 12. The van der Waals surface area contributed by atoms with Crippen LogP contribution in [-0.4, -0.2) is 24.9 Å². The van der Waals surface area contributed by atoms with E-state index in [0.717, 1.165) is 12.1 Å². The Morgan fingerprint density at radius 3 is 1.34 bits per heavy atom. The number of hydrogen-bond acceptors (Lipinski definition) is 2. The molecule has 0 bridgehead atoms. The van der Waals surface area contributed by atoms with Crippen LogP contribution in [0.2, 0.25) is 0 Å². The van der Waals surface area contributed by atoms with Gasteiger partial charge in [0.05, 0.1) is 0 Å². The lowest BCUT2D eigenvalue weighted by Gasteiger charge is -2.35. The summed E-state index contributed by atoms with van der Waals surface area (Å²) in [4.78, 5) is 0. The van der Waals surface area contributed by atoms with E-state index >= 15 is 0 Å². The topological polar surface area (TPSA) is 52.0 Å². The van der Waals surface area contributed by atoms with Crippen molar-refractivity contribution in [2.45, 2.75) is 36.5 Å². The van der Waals surface area contributed by atoms with Crippen molar-refractivity contribution in [1.29, 1.82) is 0 Å². The first kappa shape index (κ1) is 27.2. The first-order valence-corrected chi connectivity index (χ1v) is 8.20. The van der Waals surface area contributed by atoms with Gasteiger partial charge in [0.1, 0.15) is 0 Å². The van der Waals surface area contributed by atoms with E-state index in [0.29, 0.717) is 24.3 Å². The Morgan fingerprint density at radius 2 is 1.03 bits per heavy atom. The fourth-order valence-corrected chi connectivity index (χ4v) is 2.35. The molecule has 4 N–H and O–H groups in total. The van der Waals surface area contributed by atoms with Gasteiger partial charge in [0.25, 0.3) is 18.3 Å². The van der Waals surface area contributed by atoms with Crippen LogP contribution in [0.5, 0.6) is 0 Å². The Labute approximate surface area is 172 Å². The van der Waals surface area contributed by atoms with Gasteiger partial charge < -0.3 is 11.5 Å². The average molecular weight is 486 g/mol. The average Bonchev–Trinajstić information content (AvgIpc) is 2.65. The van der Waals surface area contributed by atoms with E-state index in [1.807, 2.05) is 0 Å². The van der Waals surface area contributed by atoms with Crippen molar-refractivity contribution in [3.8, 4) is 0 Å². The monoisotopic (exact) mass is 486 g/mol. The van der Waals surface area contributed by atoms with Gasteiger partial charge in [-0.3, -0.25) is 0 Å². The summed E-state index contributed by atoms with van der Waals surface area (Å²) in [6.45, 7) is 0. The van der Waals surface area contributed by atoms with E-state index in [2.05, 4.69) is 0 Å². The Kier molecular flexibility index (Phi) is 7.97. The van der Waals surface area contributed by atoms with Gasteiger partial charge in [-0.05, 0) is 24.3 Å². The van der Waals surface area contributed by atoms with Crippen molar-refractivity contribution >= 4 is 11.4 Å². The summed E-state index contributed by atoms with van der Waals surface area (Å²) in [6.07, 6.45) is -19.3.